The normalized spacial score (nSPS) is 10.9. The van der Waals surface area contributed by atoms with E-state index in [0.717, 1.165) is 33.5 Å². The SMILES string of the molecule is COc1cccc(-c2cc(-c3ccccc3)c3c(N)[nH]nc3n2)c1. The van der Waals surface area contributed by atoms with E-state index >= 15 is 0 Å². The minimum atomic E-state index is 0.522. The largest absolute Gasteiger partial charge is 0.497 e. The lowest BCUT2D eigenvalue weighted by molar-refractivity contribution is 0.415. The van der Waals surface area contributed by atoms with Crippen LogP contribution >= 0.6 is 0 Å². The Kier molecular flexibility index (Phi) is 3.39. The molecule has 5 heteroatoms. The van der Waals surface area contributed by atoms with E-state index in [9.17, 15) is 0 Å². The zero-order valence-corrected chi connectivity index (χ0v) is 13.2. The summed E-state index contributed by atoms with van der Waals surface area (Å²) in [5.74, 6) is 1.31. The Morgan fingerprint density at radius 3 is 2.54 bits per heavy atom. The van der Waals surface area contributed by atoms with Gasteiger partial charge in [0.05, 0.1) is 18.2 Å². The number of fused-ring (bicyclic) bond motifs is 1. The second kappa shape index (κ2) is 5.70. The lowest BCUT2D eigenvalue weighted by Gasteiger charge is -2.09. The average molecular weight is 316 g/mol. The second-order valence-corrected chi connectivity index (χ2v) is 5.49. The molecule has 24 heavy (non-hydrogen) atoms. The number of anilines is 1. The Bertz CT molecular complexity index is 1010. The summed E-state index contributed by atoms with van der Waals surface area (Å²) in [6, 6.07) is 20.0. The average Bonchev–Trinajstić information content (AvgIpc) is 3.03. The number of nitrogen functional groups attached to an aromatic ring is 1. The molecule has 0 saturated carbocycles. The van der Waals surface area contributed by atoms with Crippen molar-refractivity contribution in [3.05, 3.63) is 60.7 Å². The minimum absolute atomic E-state index is 0.522. The van der Waals surface area contributed by atoms with Crippen LogP contribution in [-0.4, -0.2) is 22.3 Å². The molecule has 0 amide bonds. The molecule has 2 heterocycles. The van der Waals surface area contributed by atoms with E-state index < -0.39 is 0 Å². The topological polar surface area (TPSA) is 76.8 Å². The smallest absolute Gasteiger partial charge is 0.184 e. The zero-order chi connectivity index (χ0) is 16.5. The molecule has 0 aliphatic carbocycles. The number of benzene rings is 2. The zero-order valence-electron chi connectivity index (χ0n) is 13.2. The molecule has 4 rings (SSSR count). The second-order valence-electron chi connectivity index (χ2n) is 5.49. The molecule has 2 aromatic heterocycles. The van der Waals surface area contributed by atoms with Crippen molar-refractivity contribution >= 4 is 16.9 Å². The summed E-state index contributed by atoms with van der Waals surface area (Å²) in [5.41, 5.74) is 10.5. The van der Waals surface area contributed by atoms with Crippen LogP contribution in [0.4, 0.5) is 5.82 Å². The molecule has 0 aliphatic heterocycles. The van der Waals surface area contributed by atoms with Crippen LogP contribution in [0.3, 0.4) is 0 Å². The van der Waals surface area contributed by atoms with Gasteiger partial charge in [-0.15, -0.1) is 0 Å². The van der Waals surface area contributed by atoms with Crippen molar-refractivity contribution in [1.82, 2.24) is 15.2 Å². The van der Waals surface area contributed by atoms with Crippen LogP contribution in [0.1, 0.15) is 0 Å². The number of hydrogen-bond donors (Lipinski definition) is 2. The van der Waals surface area contributed by atoms with Crippen molar-refractivity contribution in [2.45, 2.75) is 0 Å². The van der Waals surface area contributed by atoms with E-state index in [1.54, 1.807) is 7.11 Å². The first-order valence-corrected chi connectivity index (χ1v) is 7.60. The Morgan fingerprint density at radius 1 is 0.958 bits per heavy atom. The van der Waals surface area contributed by atoms with Gasteiger partial charge in [-0.2, -0.15) is 5.10 Å². The highest BCUT2D eigenvalue weighted by molar-refractivity contribution is 6.01. The van der Waals surface area contributed by atoms with E-state index in [-0.39, 0.29) is 0 Å². The highest BCUT2D eigenvalue weighted by Gasteiger charge is 2.14. The van der Waals surface area contributed by atoms with Crippen molar-refractivity contribution in [2.75, 3.05) is 12.8 Å². The van der Waals surface area contributed by atoms with Gasteiger partial charge in [-0.05, 0) is 29.3 Å². The summed E-state index contributed by atoms with van der Waals surface area (Å²) < 4.78 is 5.31. The van der Waals surface area contributed by atoms with E-state index in [4.69, 9.17) is 10.5 Å². The predicted octanol–water partition coefficient (Wildman–Crippen LogP) is 3.88. The molecule has 2 aromatic carbocycles. The van der Waals surface area contributed by atoms with Gasteiger partial charge < -0.3 is 10.5 Å². The molecule has 0 saturated heterocycles. The number of aromatic nitrogens is 3. The number of methoxy groups -OCH3 is 1. The van der Waals surface area contributed by atoms with Gasteiger partial charge in [0.15, 0.2) is 5.65 Å². The Morgan fingerprint density at radius 2 is 1.75 bits per heavy atom. The number of pyridine rings is 1. The summed E-state index contributed by atoms with van der Waals surface area (Å²) in [7, 11) is 1.65. The maximum atomic E-state index is 6.07. The fraction of sp³-hybridized carbons (Fsp3) is 0.0526. The van der Waals surface area contributed by atoms with Crippen molar-refractivity contribution in [2.24, 2.45) is 0 Å². The van der Waals surface area contributed by atoms with Crippen LogP contribution in [0.15, 0.2) is 60.7 Å². The van der Waals surface area contributed by atoms with E-state index in [0.29, 0.717) is 11.5 Å². The van der Waals surface area contributed by atoms with Crippen LogP contribution in [0, 0.1) is 0 Å². The fourth-order valence-corrected chi connectivity index (χ4v) is 2.82. The molecule has 0 spiro atoms. The van der Waals surface area contributed by atoms with E-state index in [1.807, 2.05) is 48.5 Å². The fourth-order valence-electron chi connectivity index (χ4n) is 2.82. The summed E-state index contributed by atoms with van der Waals surface area (Å²) in [6.45, 7) is 0. The molecule has 5 nitrogen and oxygen atoms in total. The van der Waals surface area contributed by atoms with Crippen LogP contribution in [0.25, 0.3) is 33.4 Å². The van der Waals surface area contributed by atoms with Gasteiger partial charge in [-0.3, -0.25) is 5.10 Å². The molecular formula is C19H16N4O. The quantitative estimate of drug-likeness (QED) is 0.601. The first kappa shape index (κ1) is 14.3. The highest BCUT2D eigenvalue weighted by Crippen LogP contribution is 2.34. The van der Waals surface area contributed by atoms with Crippen molar-refractivity contribution in [1.29, 1.82) is 0 Å². The number of nitrogens with zero attached hydrogens (tertiary/aromatic N) is 2. The van der Waals surface area contributed by atoms with Gasteiger partial charge in [-0.25, -0.2) is 4.98 Å². The molecular weight excluding hydrogens is 300 g/mol. The number of rotatable bonds is 3. The number of nitrogens with two attached hydrogens (primary N) is 1. The molecule has 118 valence electrons. The molecule has 4 aromatic rings. The summed E-state index contributed by atoms with van der Waals surface area (Å²) in [5, 5.41) is 7.91. The van der Waals surface area contributed by atoms with Crippen LogP contribution in [0.2, 0.25) is 0 Å². The molecule has 0 aliphatic rings. The number of aromatic amines is 1. The Labute approximate surface area is 139 Å². The summed E-state index contributed by atoms with van der Waals surface area (Å²) >= 11 is 0. The Balaban J connectivity index is 1.98. The van der Waals surface area contributed by atoms with Gasteiger partial charge in [0.2, 0.25) is 0 Å². The lowest BCUT2D eigenvalue weighted by atomic mass is 10.00. The third-order valence-corrected chi connectivity index (χ3v) is 4.00. The number of nitrogens with one attached hydrogen (secondary N) is 1. The number of ether oxygens (including phenoxy) is 1. The van der Waals surface area contributed by atoms with Crippen molar-refractivity contribution < 1.29 is 4.74 Å². The van der Waals surface area contributed by atoms with Crippen LogP contribution < -0.4 is 10.5 Å². The molecule has 0 bridgehead atoms. The maximum Gasteiger partial charge on any atom is 0.184 e. The van der Waals surface area contributed by atoms with Gasteiger partial charge in [0.1, 0.15) is 11.6 Å². The summed E-state index contributed by atoms with van der Waals surface area (Å²) in [6.07, 6.45) is 0. The third-order valence-electron chi connectivity index (χ3n) is 4.00. The molecule has 0 radical (unpaired) electrons. The van der Waals surface area contributed by atoms with Gasteiger partial charge >= 0.3 is 0 Å². The third kappa shape index (κ3) is 2.36. The van der Waals surface area contributed by atoms with Crippen molar-refractivity contribution in [3.63, 3.8) is 0 Å². The van der Waals surface area contributed by atoms with Crippen LogP contribution in [-0.2, 0) is 0 Å². The standard InChI is InChI=1S/C19H16N4O/c1-24-14-9-5-8-13(10-14)16-11-15(12-6-3-2-4-7-12)17-18(20)22-23-19(17)21-16/h2-11H,1H3,(H3,20,21,22,23). The lowest BCUT2D eigenvalue weighted by Crippen LogP contribution is -1.91. The predicted molar refractivity (Wildman–Crippen MR) is 95.7 cm³/mol. The summed E-state index contributed by atoms with van der Waals surface area (Å²) in [4.78, 5) is 4.65. The molecule has 0 fully saturated rings. The highest BCUT2D eigenvalue weighted by atomic mass is 16.5. The van der Waals surface area contributed by atoms with Crippen LogP contribution in [0.5, 0.6) is 5.75 Å². The number of H-pyrrole nitrogens is 1. The molecule has 3 N–H and O–H groups in total. The first-order chi connectivity index (χ1) is 11.8. The molecule has 0 atom stereocenters. The maximum absolute atomic E-state index is 6.07. The van der Waals surface area contributed by atoms with Gasteiger partial charge in [-0.1, -0.05) is 42.5 Å². The minimum Gasteiger partial charge on any atom is -0.497 e. The number of hydrogen-bond acceptors (Lipinski definition) is 4. The monoisotopic (exact) mass is 316 g/mol. The van der Waals surface area contributed by atoms with E-state index in [1.165, 1.54) is 0 Å². The van der Waals surface area contributed by atoms with Crippen molar-refractivity contribution in [3.8, 4) is 28.1 Å². The molecule has 0 unspecified atom stereocenters. The first-order valence-electron chi connectivity index (χ1n) is 7.60. The van der Waals surface area contributed by atoms with Gasteiger partial charge in [0.25, 0.3) is 0 Å². The van der Waals surface area contributed by atoms with Gasteiger partial charge in [0, 0.05) is 5.56 Å². The van der Waals surface area contributed by atoms with E-state index in [2.05, 4.69) is 27.3 Å². The Hall–Kier alpha value is -3.34.